The van der Waals surface area contributed by atoms with Crippen molar-refractivity contribution in [1.29, 1.82) is 0 Å². The molecule has 3 rings (SSSR count). The van der Waals surface area contributed by atoms with Gasteiger partial charge in [0.2, 0.25) is 10.0 Å². The molecular formula is C20H22N4O5S2. The molecule has 9 nitrogen and oxygen atoms in total. The highest BCUT2D eigenvalue weighted by atomic mass is 32.2. The molecular weight excluding hydrogens is 440 g/mol. The van der Waals surface area contributed by atoms with Crippen molar-refractivity contribution in [3.63, 3.8) is 0 Å². The van der Waals surface area contributed by atoms with Gasteiger partial charge < -0.3 is 4.42 Å². The Balaban J connectivity index is 1.71. The van der Waals surface area contributed by atoms with Crippen molar-refractivity contribution in [1.82, 2.24) is 20.1 Å². The molecule has 0 fully saturated rings. The van der Waals surface area contributed by atoms with E-state index < -0.39 is 21.8 Å². The summed E-state index contributed by atoms with van der Waals surface area (Å²) in [5.41, 5.74) is 4.87. The van der Waals surface area contributed by atoms with E-state index in [9.17, 15) is 18.0 Å². The average molecular weight is 463 g/mol. The number of nitrogens with one attached hydrogen (secondary N) is 2. The van der Waals surface area contributed by atoms with Crippen LogP contribution in [-0.4, -0.2) is 42.6 Å². The second-order valence-corrected chi connectivity index (χ2v) is 9.57. The van der Waals surface area contributed by atoms with Crippen molar-refractivity contribution < 1.29 is 22.4 Å². The number of rotatable bonds is 7. The van der Waals surface area contributed by atoms with Gasteiger partial charge in [0.1, 0.15) is 5.69 Å². The van der Waals surface area contributed by atoms with Crippen LogP contribution in [0.3, 0.4) is 0 Å². The highest BCUT2D eigenvalue weighted by Crippen LogP contribution is 2.27. The largest absolute Gasteiger partial charge is 0.462 e. The minimum atomic E-state index is -3.71. The van der Waals surface area contributed by atoms with Crippen LogP contribution in [0.4, 0.5) is 0 Å². The van der Waals surface area contributed by atoms with E-state index in [2.05, 4.69) is 15.8 Å². The zero-order valence-electron chi connectivity index (χ0n) is 17.2. The van der Waals surface area contributed by atoms with Crippen LogP contribution in [0, 0.1) is 6.92 Å². The number of carbonyl (C=O) groups is 2. The van der Waals surface area contributed by atoms with Gasteiger partial charge in [-0.3, -0.25) is 20.4 Å². The molecule has 0 saturated carbocycles. The fourth-order valence-electron chi connectivity index (χ4n) is 2.87. The molecule has 11 heteroatoms. The molecule has 1 aromatic carbocycles. The van der Waals surface area contributed by atoms with Crippen LogP contribution < -0.4 is 10.9 Å². The van der Waals surface area contributed by atoms with Crippen LogP contribution in [0.1, 0.15) is 39.6 Å². The van der Waals surface area contributed by atoms with Gasteiger partial charge in [-0.1, -0.05) is 19.9 Å². The highest BCUT2D eigenvalue weighted by Gasteiger charge is 2.23. The molecule has 0 saturated heterocycles. The molecule has 2 amide bonds. The van der Waals surface area contributed by atoms with Gasteiger partial charge in [0.15, 0.2) is 10.8 Å². The normalized spacial score (nSPS) is 11.5. The van der Waals surface area contributed by atoms with Gasteiger partial charge in [-0.05, 0) is 37.3 Å². The predicted octanol–water partition coefficient (Wildman–Crippen LogP) is 2.82. The lowest BCUT2D eigenvalue weighted by Gasteiger charge is -2.18. The van der Waals surface area contributed by atoms with Crippen LogP contribution in [0.15, 0.2) is 52.0 Å². The van der Waals surface area contributed by atoms with Crippen LogP contribution in [0.5, 0.6) is 0 Å². The average Bonchev–Trinajstić information content (AvgIpc) is 3.42. The molecule has 2 N–H and O–H groups in total. The second kappa shape index (κ2) is 9.41. The molecule has 0 aliphatic heterocycles. The molecule has 0 aliphatic carbocycles. The third kappa shape index (κ3) is 4.84. The molecule has 3 aromatic rings. The lowest BCUT2D eigenvalue weighted by atomic mass is 10.2. The van der Waals surface area contributed by atoms with Crippen molar-refractivity contribution in [3.05, 3.63) is 58.8 Å². The number of thiazole rings is 1. The Hall–Kier alpha value is -3.02. The number of carbonyl (C=O) groups excluding carboxylic acids is 2. The number of hydrogen-bond acceptors (Lipinski definition) is 7. The van der Waals surface area contributed by atoms with Gasteiger partial charge in [0, 0.05) is 23.5 Å². The molecule has 0 unspecified atom stereocenters. The summed E-state index contributed by atoms with van der Waals surface area (Å²) >= 11 is 1.29. The Kier molecular flexibility index (Phi) is 6.88. The van der Waals surface area contributed by atoms with Crippen molar-refractivity contribution in [2.45, 2.75) is 25.7 Å². The van der Waals surface area contributed by atoms with Crippen molar-refractivity contribution >= 4 is 33.2 Å². The topological polar surface area (TPSA) is 122 Å². The van der Waals surface area contributed by atoms with Gasteiger partial charge in [-0.2, -0.15) is 4.31 Å². The fraction of sp³-hybridized carbons (Fsp3) is 0.250. The van der Waals surface area contributed by atoms with E-state index >= 15 is 0 Å². The summed E-state index contributed by atoms with van der Waals surface area (Å²) in [5.74, 6) is -0.696. The maximum atomic E-state index is 12.7. The first kappa shape index (κ1) is 22.7. The number of hydrazine groups is 1. The molecule has 0 spiro atoms. The SMILES string of the molecule is CCN(CC)S(=O)(=O)c1cccc(C(=O)NNC(=O)c2nc(-c3ccco3)sc2C)c1. The number of benzene rings is 1. The van der Waals surface area contributed by atoms with Crippen LogP contribution in [0.25, 0.3) is 10.8 Å². The Morgan fingerprint density at radius 3 is 2.45 bits per heavy atom. The third-order valence-electron chi connectivity index (χ3n) is 4.47. The zero-order chi connectivity index (χ0) is 22.6. The first-order valence-electron chi connectivity index (χ1n) is 9.50. The summed E-state index contributed by atoms with van der Waals surface area (Å²) in [6.45, 7) is 5.86. The maximum absolute atomic E-state index is 12.7. The summed E-state index contributed by atoms with van der Waals surface area (Å²) in [6.07, 6.45) is 1.51. The fourth-order valence-corrected chi connectivity index (χ4v) is 5.25. The quantitative estimate of drug-likeness (QED) is 0.521. The van der Waals surface area contributed by atoms with Gasteiger partial charge in [0.05, 0.1) is 11.2 Å². The van der Waals surface area contributed by atoms with Crippen LogP contribution >= 0.6 is 11.3 Å². The number of nitrogens with zero attached hydrogens (tertiary/aromatic N) is 2. The first-order chi connectivity index (χ1) is 14.8. The molecule has 2 aromatic heterocycles. The number of aryl methyl sites for hydroxylation is 1. The molecule has 0 aliphatic rings. The molecule has 31 heavy (non-hydrogen) atoms. The standard InChI is InChI=1S/C20H22N4O5S2/c1-4-24(5-2)31(27,28)15-9-6-8-14(12-15)18(25)22-23-19(26)17-13(3)30-20(21-17)16-10-7-11-29-16/h6-12H,4-5H2,1-3H3,(H,22,25)(H,23,26). The van der Waals surface area contributed by atoms with Crippen LogP contribution in [0.2, 0.25) is 0 Å². The number of hydrogen-bond donors (Lipinski definition) is 2. The summed E-state index contributed by atoms with van der Waals surface area (Å²) in [6, 6.07) is 9.11. The maximum Gasteiger partial charge on any atom is 0.289 e. The van der Waals surface area contributed by atoms with Gasteiger partial charge >= 0.3 is 0 Å². The van der Waals surface area contributed by atoms with Gasteiger partial charge in [-0.15, -0.1) is 11.3 Å². The molecule has 2 heterocycles. The Bertz CT molecular complexity index is 1180. The predicted molar refractivity (Wildman–Crippen MR) is 116 cm³/mol. The molecule has 0 radical (unpaired) electrons. The van der Waals surface area contributed by atoms with E-state index in [0.29, 0.717) is 28.7 Å². The van der Waals surface area contributed by atoms with E-state index in [1.54, 1.807) is 32.9 Å². The molecule has 164 valence electrons. The van der Waals surface area contributed by atoms with E-state index in [1.165, 1.54) is 46.2 Å². The number of aromatic nitrogens is 1. The molecule has 0 atom stereocenters. The highest BCUT2D eigenvalue weighted by molar-refractivity contribution is 7.89. The van der Waals surface area contributed by atoms with Crippen molar-refractivity contribution in [2.75, 3.05) is 13.1 Å². The first-order valence-corrected chi connectivity index (χ1v) is 11.8. The minimum absolute atomic E-state index is 0.00797. The summed E-state index contributed by atoms with van der Waals surface area (Å²) in [7, 11) is -3.71. The zero-order valence-corrected chi connectivity index (χ0v) is 18.8. The smallest absolute Gasteiger partial charge is 0.289 e. The van der Waals surface area contributed by atoms with E-state index in [4.69, 9.17) is 4.42 Å². The number of furan rings is 1. The second-order valence-electron chi connectivity index (χ2n) is 6.43. The lowest BCUT2D eigenvalue weighted by Crippen LogP contribution is -2.42. The van der Waals surface area contributed by atoms with Crippen molar-refractivity contribution in [3.8, 4) is 10.8 Å². The van der Waals surface area contributed by atoms with Crippen LogP contribution in [-0.2, 0) is 10.0 Å². The number of amides is 2. The summed E-state index contributed by atoms with van der Waals surface area (Å²) < 4.78 is 31.9. The van der Waals surface area contributed by atoms with E-state index in [0.717, 1.165) is 0 Å². The Morgan fingerprint density at radius 1 is 1.10 bits per heavy atom. The van der Waals surface area contributed by atoms with Gasteiger partial charge in [-0.25, -0.2) is 13.4 Å². The van der Waals surface area contributed by atoms with E-state index in [-0.39, 0.29) is 16.2 Å². The Labute approximate surface area is 184 Å². The monoisotopic (exact) mass is 462 g/mol. The summed E-state index contributed by atoms with van der Waals surface area (Å²) in [5, 5.41) is 0.549. The van der Waals surface area contributed by atoms with Crippen molar-refractivity contribution in [2.24, 2.45) is 0 Å². The van der Waals surface area contributed by atoms with Gasteiger partial charge in [0.25, 0.3) is 11.8 Å². The number of sulfonamides is 1. The minimum Gasteiger partial charge on any atom is -0.462 e. The Morgan fingerprint density at radius 2 is 1.81 bits per heavy atom. The summed E-state index contributed by atoms with van der Waals surface area (Å²) in [4.78, 5) is 29.9. The molecule has 0 bridgehead atoms. The van der Waals surface area contributed by atoms with E-state index in [1.807, 2.05) is 0 Å². The lowest BCUT2D eigenvalue weighted by molar-refractivity contribution is 0.0844. The third-order valence-corrected chi connectivity index (χ3v) is 7.50.